The first kappa shape index (κ1) is 21.4. The molecule has 1 aromatic rings. The van der Waals surface area contributed by atoms with E-state index in [0.717, 1.165) is 18.7 Å². The van der Waals surface area contributed by atoms with Gasteiger partial charge in [0.05, 0.1) is 0 Å². The lowest BCUT2D eigenvalue weighted by molar-refractivity contribution is -0.138. The minimum absolute atomic E-state index is 0. The van der Waals surface area contributed by atoms with Crippen molar-refractivity contribution in [2.45, 2.75) is 25.1 Å². The van der Waals surface area contributed by atoms with E-state index in [1.54, 1.807) is 12.1 Å². The van der Waals surface area contributed by atoms with Crippen LogP contribution in [0.2, 0.25) is 0 Å². The molecule has 0 aliphatic carbocycles. The first-order chi connectivity index (χ1) is 9.46. The van der Waals surface area contributed by atoms with Gasteiger partial charge < -0.3 is 5.32 Å². The zero-order valence-electron chi connectivity index (χ0n) is 11.9. The topological polar surface area (TPSA) is 15.3 Å². The van der Waals surface area contributed by atoms with Crippen LogP contribution in [-0.4, -0.2) is 37.3 Å². The maximum Gasteiger partial charge on any atom is 0.389 e. The van der Waals surface area contributed by atoms with Crippen LogP contribution in [0.4, 0.5) is 17.6 Å². The molecule has 1 saturated heterocycles. The normalized spacial score (nSPS) is 17.3. The molecule has 1 aliphatic heterocycles. The van der Waals surface area contributed by atoms with Gasteiger partial charge in [-0.2, -0.15) is 13.2 Å². The van der Waals surface area contributed by atoms with Crippen LogP contribution in [0.15, 0.2) is 24.3 Å². The zero-order valence-corrected chi connectivity index (χ0v) is 13.5. The Balaban J connectivity index is 0.00000220. The van der Waals surface area contributed by atoms with Crippen molar-refractivity contribution >= 4 is 24.8 Å². The Morgan fingerprint density at radius 3 is 2.09 bits per heavy atom. The van der Waals surface area contributed by atoms with Gasteiger partial charge in [-0.1, -0.05) is 12.1 Å². The number of piperazine rings is 1. The van der Waals surface area contributed by atoms with Gasteiger partial charge in [-0.15, -0.1) is 24.8 Å². The second-order valence-electron chi connectivity index (χ2n) is 5.01. The van der Waals surface area contributed by atoms with E-state index in [-0.39, 0.29) is 43.1 Å². The fourth-order valence-corrected chi connectivity index (χ4v) is 2.54. The molecule has 0 amide bonds. The van der Waals surface area contributed by atoms with Crippen LogP contribution >= 0.6 is 24.8 Å². The van der Waals surface area contributed by atoms with Gasteiger partial charge in [0.25, 0.3) is 0 Å². The van der Waals surface area contributed by atoms with Crippen molar-refractivity contribution in [3.05, 3.63) is 35.6 Å². The molecule has 0 unspecified atom stereocenters. The lowest BCUT2D eigenvalue weighted by Gasteiger charge is -2.35. The Kier molecular flexibility index (Phi) is 9.31. The van der Waals surface area contributed by atoms with Crippen LogP contribution in [0.1, 0.15) is 24.4 Å². The Morgan fingerprint density at radius 1 is 1.05 bits per heavy atom. The summed E-state index contributed by atoms with van der Waals surface area (Å²) in [5, 5.41) is 3.18. The first-order valence-corrected chi connectivity index (χ1v) is 6.73. The van der Waals surface area contributed by atoms with Gasteiger partial charge in [-0.25, -0.2) is 4.39 Å². The maximum absolute atomic E-state index is 13.0. The number of hydrogen-bond acceptors (Lipinski definition) is 2. The van der Waals surface area contributed by atoms with E-state index in [1.807, 2.05) is 4.90 Å². The highest BCUT2D eigenvalue weighted by atomic mass is 35.5. The predicted molar refractivity (Wildman–Crippen MR) is 83.4 cm³/mol. The lowest BCUT2D eigenvalue weighted by Crippen LogP contribution is -2.45. The van der Waals surface area contributed by atoms with Crippen molar-refractivity contribution in [1.82, 2.24) is 10.2 Å². The average molecular weight is 363 g/mol. The monoisotopic (exact) mass is 362 g/mol. The zero-order chi connectivity index (χ0) is 14.6. The SMILES string of the molecule is Cl.Cl.Fc1ccc([C@H](CCC(F)(F)F)N2CCNCC2)cc1. The second-order valence-corrected chi connectivity index (χ2v) is 5.01. The molecule has 1 aliphatic rings. The Morgan fingerprint density at radius 2 is 1.59 bits per heavy atom. The van der Waals surface area contributed by atoms with Crippen LogP contribution in [0.3, 0.4) is 0 Å². The van der Waals surface area contributed by atoms with E-state index in [4.69, 9.17) is 0 Å². The van der Waals surface area contributed by atoms with Gasteiger partial charge in [0, 0.05) is 38.6 Å². The highest BCUT2D eigenvalue weighted by Gasteiger charge is 2.31. The van der Waals surface area contributed by atoms with Crippen molar-refractivity contribution in [1.29, 1.82) is 0 Å². The molecule has 0 saturated carbocycles. The molecular weight excluding hydrogens is 343 g/mol. The van der Waals surface area contributed by atoms with Crippen molar-refractivity contribution < 1.29 is 17.6 Å². The second kappa shape index (κ2) is 9.55. The maximum atomic E-state index is 13.0. The number of alkyl halides is 3. The lowest BCUT2D eigenvalue weighted by atomic mass is 9.99. The van der Waals surface area contributed by atoms with Crippen molar-refractivity contribution in [3.63, 3.8) is 0 Å². The smallest absolute Gasteiger partial charge is 0.314 e. The fourth-order valence-electron chi connectivity index (χ4n) is 2.54. The van der Waals surface area contributed by atoms with Gasteiger partial charge in [-0.05, 0) is 24.1 Å². The third-order valence-corrected chi connectivity index (χ3v) is 3.55. The Hall–Kier alpha value is -0.560. The van der Waals surface area contributed by atoms with Crippen LogP contribution in [0, 0.1) is 5.82 Å². The molecule has 0 spiro atoms. The van der Waals surface area contributed by atoms with E-state index >= 15 is 0 Å². The van der Waals surface area contributed by atoms with Gasteiger partial charge >= 0.3 is 6.18 Å². The average Bonchev–Trinajstić information content (AvgIpc) is 2.41. The van der Waals surface area contributed by atoms with E-state index in [9.17, 15) is 17.6 Å². The number of nitrogens with zero attached hydrogens (tertiary/aromatic N) is 1. The van der Waals surface area contributed by atoms with Crippen LogP contribution in [0.5, 0.6) is 0 Å². The molecule has 1 N–H and O–H groups in total. The molecular formula is C14H20Cl2F4N2. The predicted octanol–water partition coefficient (Wildman–Crippen LogP) is 3.96. The fraction of sp³-hybridized carbons (Fsp3) is 0.571. The van der Waals surface area contributed by atoms with Gasteiger partial charge in [0.2, 0.25) is 0 Å². The molecule has 128 valence electrons. The van der Waals surface area contributed by atoms with Crippen LogP contribution in [-0.2, 0) is 0 Å². The quantitative estimate of drug-likeness (QED) is 0.815. The molecule has 0 radical (unpaired) electrons. The number of benzene rings is 1. The molecule has 8 heteroatoms. The molecule has 2 nitrogen and oxygen atoms in total. The summed E-state index contributed by atoms with van der Waals surface area (Å²) in [4.78, 5) is 2.04. The summed E-state index contributed by atoms with van der Waals surface area (Å²) in [7, 11) is 0. The summed E-state index contributed by atoms with van der Waals surface area (Å²) in [6.07, 6.45) is -4.97. The van der Waals surface area contributed by atoms with E-state index in [2.05, 4.69) is 5.32 Å². The van der Waals surface area contributed by atoms with Gasteiger partial charge in [0.1, 0.15) is 5.82 Å². The standard InChI is InChI=1S/C14H18F4N2.2ClH/c15-12-3-1-11(2-4-12)13(5-6-14(16,17)18)20-9-7-19-8-10-20;;/h1-4,13,19H,5-10H2;2*1H/t13-;;/m0../s1. The van der Waals surface area contributed by atoms with Gasteiger partial charge in [0.15, 0.2) is 0 Å². The van der Waals surface area contributed by atoms with E-state index in [1.165, 1.54) is 12.1 Å². The third-order valence-electron chi connectivity index (χ3n) is 3.55. The number of hydrogen-bond donors (Lipinski definition) is 1. The minimum atomic E-state index is -4.16. The summed E-state index contributed by atoms with van der Waals surface area (Å²) in [5.74, 6) is -0.372. The summed E-state index contributed by atoms with van der Waals surface area (Å²) in [5.41, 5.74) is 0.748. The summed E-state index contributed by atoms with van der Waals surface area (Å²) >= 11 is 0. The molecule has 1 atom stereocenters. The molecule has 2 rings (SSSR count). The first-order valence-electron chi connectivity index (χ1n) is 6.73. The Bertz CT molecular complexity index is 420. The highest BCUT2D eigenvalue weighted by Crippen LogP contribution is 2.31. The van der Waals surface area contributed by atoms with Crippen molar-refractivity contribution in [2.24, 2.45) is 0 Å². The van der Waals surface area contributed by atoms with E-state index in [0.29, 0.717) is 13.1 Å². The number of halogens is 6. The molecule has 1 fully saturated rings. The highest BCUT2D eigenvalue weighted by molar-refractivity contribution is 5.85. The summed E-state index contributed by atoms with van der Waals surface area (Å²) in [6, 6.07) is 5.46. The molecule has 1 aromatic carbocycles. The minimum Gasteiger partial charge on any atom is -0.314 e. The van der Waals surface area contributed by atoms with Crippen molar-refractivity contribution in [3.8, 4) is 0 Å². The molecule has 22 heavy (non-hydrogen) atoms. The molecule has 1 heterocycles. The summed E-state index contributed by atoms with van der Waals surface area (Å²) in [6.45, 7) is 2.95. The number of nitrogens with one attached hydrogen (secondary N) is 1. The molecule has 0 aromatic heterocycles. The van der Waals surface area contributed by atoms with Crippen LogP contribution in [0.25, 0.3) is 0 Å². The molecule has 0 bridgehead atoms. The Labute approximate surface area is 140 Å². The summed E-state index contributed by atoms with van der Waals surface area (Å²) < 4.78 is 50.4. The van der Waals surface area contributed by atoms with Gasteiger partial charge in [-0.3, -0.25) is 4.90 Å². The van der Waals surface area contributed by atoms with Crippen molar-refractivity contribution in [2.75, 3.05) is 26.2 Å². The largest absolute Gasteiger partial charge is 0.389 e. The van der Waals surface area contributed by atoms with E-state index < -0.39 is 12.6 Å². The number of rotatable bonds is 4. The third kappa shape index (κ3) is 6.69. The van der Waals surface area contributed by atoms with Crippen LogP contribution < -0.4 is 5.32 Å².